The Bertz CT molecular complexity index is 1510. The fraction of sp³-hybridized carbons (Fsp3) is 0.222. The molecule has 0 amide bonds. The summed E-state index contributed by atoms with van der Waals surface area (Å²) in [5, 5.41) is 13.2. The number of anilines is 1. The Hall–Kier alpha value is -3.20. The summed E-state index contributed by atoms with van der Waals surface area (Å²) in [6.07, 6.45) is 0. The summed E-state index contributed by atoms with van der Waals surface area (Å²) in [6, 6.07) is 7.08. The van der Waals surface area contributed by atoms with Crippen LogP contribution in [0.5, 0.6) is 0 Å². The number of amidine groups is 1. The van der Waals surface area contributed by atoms with Gasteiger partial charge in [-0.3, -0.25) is 0 Å². The summed E-state index contributed by atoms with van der Waals surface area (Å²) in [5.41, 5.74) is 13.2. The van der Waals surface area contributed by atoms with Gasteiger partial charge in [0.1, 0.15) is 4.90 Å². The molecule has 1 aromatic heterocycles. The van der Waals surface area contributed by atoms with Crippen LogP contribution in [0.15, 0.2) is 55.3 Å². The number of sulfone groups is 1. The first-order chi connectivity index (χ1) is 15.0. The van der Waals surface area contributed by atoms with Gasteiger partial charge in [0.05, 0.1) is 27.2 Å². The number of sulfonamides is 1. The first kappa shape index (κ1) is 22.0. The lowest BCUT2D eigenvalue weighted by Crippen LogP contribution is -2.28. The number of aromatic amines is 1. The summed E-state index contributed by atoms with van der Waals surface area (Å²) in [4.78, 5) is 10.2. The normalized spacial score (nSPS) is 15.3. The van der Waals surface area contributed by atoms with Crippen molar-refractivity contribution in [3.8, 4) is 11.1 Å². The van der Waals surface area contributed by atoms with Gasteiger partial charge in [0.25, 0.3) is 0 Å². The SMILES string of the molecule is C[C@H](N)CS(=O)(=O)c1ccc(-c2cccc3[nH]c(N)nc23)c(C2=NCN=N2)c1S(N)(=O)=O. The van der Waals surface area contributed by atoms with Crippen LogP contribution in [0, 0.1) is 0 Å². The molecular formula is C18H20N8O4S2. The zero-order valence-corrected chi connectivity index (χ0v) is 18.5. The maximum Gasteiger partial charge on any atom is 0.240 e. The van der Waals surface area contributed by atoms with E-state index in [-0.39, 0.29) is 24.0 Å². The fourth-order valence-corrected chi connectivity index (χ4v) is 6.69. The lowest BCUT2D eigenvalue weighted by atomic mass is 9.97. The van der Waals surface area contributed by atoms with Crippen molar-refractivity contribution in [3.63, 3.8) is 0 Å². The van der Waals surface area contributed by atoms with E-state index in [1.807, 2.05) is 0 Å². The van der Waals surface area contributed by atoms with Crippen LogP contribution < -0.4 is 16.6 Å². The molecule has 0 saturated heterocycles. The smallest absolute Gasteiger partial charge is 0.240 e. The van der Waals surface area contributed by atoms with Crippen molar-refractivity contribution in [1.82, 2.24) is 9.97 Å². The van der Waals surface area contributed by atoms with Crippen LogP contribution in [0.25, 0.3) is 22.2 Å². The van der Waals surface area contributed by atoms with Gasteiger partial charge < -0.3 is 16.5 Å². The van der Waals surface area contributed by atoms with Crippen LogP contribution in [-0.4, -0.2) is 51.1 Å². The number of azo groups is 1. The topological polar surface area (TPSA) is 212 Å². The quantitative estimate of drug-likeness (QED) is 0.400. The molecule has 2 heterocycles. The molecule has 1 aliphatic heterocycles. The third-order valence-electron chi connectivity index (χ3n) is 4.72. The molecule has 12 nitrogen and oxygen atoms in total. The van der Waals surface area contributed by atoms with Crippen LogP contribution in [-0.2, 0) is 19.9 Å². The lowest BCUT2D eigenvalue weighted by Gasteiger charge is -2.17. The predicted molar refractivity (Wildman–Crippen MR) is 119 cm³/mol. The van der Waals surface area contributed by atoms with E-state index in [0.717, 1.165) is 0 Å². The molecule has 7 N–H and O–H groups in total. The molecule has 0 bridgehead atoms. The average molecular weight is 477 g/mol. The number of benzene rings is 2. The molecule has 0 unspecified atom stereocenters. The number of para-hydroxylation sites is 1. The summed E-state index contributed by atoms with van der Waals surface area (Å²) >= 11 is 0. The Morgan fingerprint density at radius 1 is 1.12 bits per heavy atom. The maximum absolute atomic E-state index is 13.0. The Kier molecular flexibility index (Phi) is 5.32. The van der Waals surface area contributed by atoms with Crippen LogP contribution in [0.1, 0.15) is 12.5 Å². The zero-order valence-electron chi connectivity index (χ0n) is 16.8. The molecular weight excluding hydrogens is 456 g/mol. The minimum absolute atomic E-state index is 0.0325. The third kappa shape index (κ3) is 3.88. The van der Waals surface area contributed by atoms with E-state index < -0.39 is 41.4 Å². The molecule has 4 rings (SSSR count). The Balaban J connectivity index is 2.15. The van der Waals surface area contributed by atoms with E-state index in [2.05, 4.69) is 25.2 Å². The average Bonchev–Trinajstić information content (AvgIpc) is 3.33. The molecule has 2 aromatic carbocycles. The van der Waals surface area contributed by atoms with E-state index in [1.165, 1.54) is 19.1 Å². The number of nitrogens with one attached hydrogen (secondary N) is 1. The number of hydrogen-bond donors (Lipinski definition) is 4. The summed E-state index contributed by atoms with van der Waals surface area (Å²) in [6.45, 7) is 1.47. The van der Waals surface area contributed by atoms with Gasteiger partial charge in [-0.05, 0) is 24.6 Å². The second-order valence-corrected chi connectivity index (χ2v) is 10.8. The second-order valence-electron chi connectivity index (χ2n) is 7.31. The number of nitrogen functional groups attached to an aromatic ring is 1. The first-order valence-electron chi connectivity index (χ1n) is 9.34. The van der Waals surface area contributed by atoms with Gasteiger partial charge in [-0.2, -0.15) is 5.11 Å². The third-order valence-corrected chi connectivity index (χ3v) is 7.81. The second kappa shape index (κ2) is 7.74. The van der Waals surface area contributed by atoms with Crippen LogP contribution in [0.3, 0.4) is 0 Å². The van der Waals surface area contributed by atoms with E-state index in [0.29, 0.717) is 22.2 Å². The first-order valence-corrected chi connectivity index (χ1v) is 12.5. The van der Waals surface area contributed by atoms with E-state index in [4.69, 9.17) is 16.6 Å². The van der Waals surface area contributed by atoms with Crippen molar-refractivity contribution in [2.24, 2.45) is 26.1 Å². The number of hydrogen-bond acceptors (Lipinski definition) is 10. The van der Waals surface area contributed by atoms with Crippen molar-refractivity contribution in [2.75, 3.05) is 18.2 Å². The molecule has 1 atom stereocenters. The van der Waals surface area contributed by atoms with Gasteiger partial charge in [-0.1, -0.05) is 18.2 Å². The van der Waals surface area contributed by atoms with Crippen molar-refractivity contribution in [2.45, 2.75) is 22.8 Å². The number of H-pyrrole nitrogens is 1. The molecule has 0 saturated carbocycles. The molecule has 168 valence electrons. The number of aliphatic imine (C=N–C) groups is 1. The van der Waals surface area contributed by atoms with Gasteiger partial charge in [0, 0.05) is 11.6 Å². The van der Waals surface area contributed by atoms with E-state index in [9.17, 15) is 16.8 Å². The number of aromatic nitrogens is 2. The van der Waals surface area contributed by atoms with Crippen molar-refractivity contribution >= 4 is 42.7 Å². The highest BCUT2D eigenvalue weighted by molar-refractivity contribution is 7.93. The Morgan fingerprint density at radius 3 is 2.50 bits per heavy atom. The number of imidazole rings is 1. The number of nitrogens with two attached hydrogens (primary N) is 3. The number of rotatable bonds is 6. The van der Waals surface area contributed by atoms with E-state index in [1.54, 1.807) is 18.2 Å². The summed E-state index contributed by atoms with van der Waals surface area (Å²) in [5.74, 6) is -0.370. The number of primary sulfonamides is 1. The van der Waals surface area contributed by atoms with Gasteiger partial charge in [-0.15, -0.1) is 5.11 Å². The van der Waals surface area contributed by atoms with E-state index >= 15 is 0 Å². The van der Waals surface area contributed by atoms with Crippen molar-refractivity contribution < 1.29 is 16.8 Å². The minimum atomic E-state index is -4.55. The molecule has 32 heavy (non-hydrogen) atoms. The molecule has 1 aliphatic rings. The summed E-state index contributed by atoms with van der Waals surface area (Å²) in [7, 11) is -8.67. The Labute approximate surface area is 183 Å². The standard InChI is InChI=1S/C18H20N8O4S2/c1-9(19)7-31(27,28)13-6-5-10(11-3-2-4-12-15(11)25-18(20)24-12)14(16(13)32(21,29)30)17-22-8-23-26-17/h2-6,9H,7-8,19H2,1H3,(H3,20,24,25)(H2,21,29,30)/t9-/m0/s1. The highest BCUT2D eigenvalue weighted by Crippen LogP contribution is 2.37. The number of nitrogens with zero attached hydrogens (tertiary/aromatic N) is 4. The molecule has 3 aromatic rings. The van der Waals surface area contributed by atoms with Gasteiger partial charge in [0.15, 0.2) is 28.3 Å². The number of fused-ring (bicyclic) bond motifs is 1. The zero-order chi connectivity index (χ0) is 23.3. The van der Waals surface area contributed by atoms with Crippen LogP contribution in [0.4, 0.5) is 5.95 Å². The van der Waals surface area contributed by atoms with Gasteiger partial charge >= 0.3 is 0 Å². The highest BCUT2D eigenvalue weighted by atomic mass is 32.2. The largest absolute Gasteiger partial charge is 0.369 e. The molecule has 14 heteroatoms. The maximum atomic E-state index is 13.0. The minimum Gasteiger partial charge on any atom is -0.369 e. The molecule has 0 fully saturated rings. The monoisotopic (exact) mass is 476 g/mol. The van der Waals surface area contributed by atoms with Crippen molar-refractivity contribution in [1.29, 1.82) is 0 Å². The van der Waals surface area contributed by atoms with Crippen molar-refractivity contribution in [3.05, 3.63) is 35.9 Å². The molecule has 0 spiro atoms. The molecule has 0 radical (unpaired) electrons. The fourth-order valence-electron chi connectivity index (χ4n) is 3.60. The lowest BCUT2D eigenvalue weighted by molar-refractivity contribution is 0.579. The highest BCUT2D eigenvalue weighted by Gasteiger charge is 2.33. The predicted octanol–water partition coefficient (Wildman–Crippen LogP) is 0.750. The van der Waals surface area contributed by atoms with Crippen LogP contribution >= 0.6 is 0 Å². The van der Waals surface area contributed by atoms with Gasteiger partial charge in [0.2, 0.25) is 10.0 Å². The Morgan fingerprint density at radius 2 is 1.88 bits per heavy atom. The summed E-state index contributed by atoms with van der Waals surface area (Å²) < 4.78 is 51.5. The van der Waals surface area contributed by atoms with Crippen LogP contribution in [0.2, 0.25) is 0 Å². The molecule has 0 aliphatic carbocycles. The van der Waals surface area contributed by atoms with Gasteiger partial charge in [-0.25, -0.2) is 32.0 Å².